The smallest absolute Gasteiger partial charge is 0.0960 e. The van der Waals surface area contributed by atoms with Crippen LogP contribution in [0.3, 0.4) is 0 Å². The van der Waals surface area contributed by atoms with Gasteiger partial charge in [-0.1, -0.05) is 0 Å². The van der Waals surface area contributed by atoms with E-state index in [-0.39, 0.29) is 12.6 Å². The number of nitrogens with zero attached hydrogens (tertiary/aromatic N) is 1. The maximum atomic E-state index is 8.67. The highest BCUT2D eigenvalue weighted by molar-refractivity contribution is 7.98. The lowest BCUT2D eigenvalue weighted by Gasteiger charge is -2.09. The highest BCUT2D eigenvalue weighted by Gasteiger charge is 2.03. The molecule has 0 amide bonds. The van der Waals surface area contributed by atoms with Crippen LogP contribution in [0.4, 0.5) is 0 Å². The molecule has 0 aromatic rings. The second-order valence-corrected chi connectivity index (χ2v) is 3.48. The molecule has 0 aromatic heterocycles. The average Bonchev–Trinajstić information content (AvgIpc) is 2.11. The molecule has 1 unspecified atom stereocenters. The van der Waals surface area contributed by atoms with Crippen LogP contribution in [0.5, 0.6) is 0 Å². The van der Waals surface area contributed by atoms with E-state index in [1.807, 2.05) is 6.26 Å². The fraction of sp³-hybridized carbons (Fsp3) is 0.875. The number of aliphatic hydroxyl groups is 1. The average molecular weight is 188 g/mol. The summed E-state index contributed by atoms with van der Waals surface area (Å²) in [6.07, 6.45) is 3.63. The topological polar surface area (TPSA) is 56.0 Å². The third kappa shape index (κ3) is 6.47. The minimum atomic E-state index is -0.0519. The normalized spacial score (nSPS) is 12.4. The van der Waals surface area contributed by atoms with Crippen molar-refractivity contribution in [2.45, 2.75) is 18.9 Å². The molecule has 0 bridgehead atoms. The Labute approximate surface area is 78.2 Å². The van der Waals surface area contributed by atoms with Crippen LogP contribution < -0.4 is 5.32 Å². The zero-order valence-electron chi connectivity index (χ0n) is 7.42. The molecule has 0 saturated heterocycles. The molecule has 0 rings (SSSR count). The molecule has 0 aliphatic heterocycles. The predicted octanol–water partition coefficient (Wildman–Crippen LogP) is 0.604. The summed E-state index contributed by atoms with van der Waals surface area (Å²) in [5, 5.41) is 20.2. The highest BCUT2D eigenvalue weighted by Crippen LogP contribution is 1.99. The fourth-order valence-corrected chi connectivity index (χ4v) is 1.27. The standard InChI is InChI=1S/C8H16N2OS/c1-12-6-3-8(7-9)10-4-2-5-11/h8,10-11H,2-6H2,1H3. The first-order valence-corrected chi connectivity index (χ1v) is 5.47. The van der Waals surface area contributed by atoms with Gasteiger partial charge in [0.25, 0.3) is 0 Å². The highest BCUT2D eigenvalue weighted by atomic mass is 32.2. The van der Waals surface area contributed by atoms with E-state index < -0.39 is 0 Å². The van der Waals surface area contributed by atoms with E-state index in [4.69, 9.17) is 10.4 Å². The molecule has 0 saturated carbocycles. The molecule has 1 atom stereocenters. The third-order valence-electron chi connectivity index (χ3n) is 1.49. The van der Waals surface area contributed by atoms with Gasteiger partial charge in [-0.05, 0) is 31.4 Å². The number of nitrogens with one attached hydrogen (secondary N) is 1. The third-order valence-corrected chi connectivity index (χ3v) is 2.14. The lowest BCUT2D eigenvalue weighted by atomic mass is 10.2. The summed E-state index contributed by atoms with van der Waals surface area (Å²) < 4.78 is 0. The van der Waals surface area contributed by atoms with E-state index in [1.165, 1.54) is 0 Å². The summed E-state index contributed by atoms with van der Waals surface area (Å²) in [4.78, 5) is 0. The Bertz CT molecular complexity index is 136. The van der Waals surface area contributed by atoms with Crippen molar-refractivity contribution in [2.24, 2.45) is 0 Å². The van der Waals surface area contributed by atoms with Gasteiger partial charge in [-0.3, -0.25) is 0 Å². The van der Waals surface area contributed by atoms with Crippen LogP contribution in [0.2, 0.25) is 0 Å². The molecular weight excluding hydrogens is 172 g/mol. The maximum Gasteiger partial charge on any atom is 0.0960 e. The fourth-order valence-electron chi connectivity index (χ4n) is 0.803. The SMILES string of the molecule is CSCCC(C#N)NCCCO. The molecule has 70 valence electrons. The van der Waals surface area contributed by atoms with Crippen molar-refractivity contribution in [1.82, 2.24) is 5.32 Å². The van der Waals surface area contributed by atoms with Gasteiger partial charge in [0.15, 0.2) is 0 Å². The zero-order chi connectivity index (χ0) is 9.23. The van der Waals surface area contributed by atoms with Gasteiger partial charge in [0.1, 0.15) is 0 Å². The molecule has 2 N–H and O–H groups in total. The van der Waals surface area contributed by atoms with Gasteiger partial charge in [-0.2, -0.15) is 17.0 Å². The number of thioether (sulfide) groups is 1. The van der Waals surface area contributed by atoms with Crippen molar-refractivity contribution in [3.8, 4) is 6.07 Å². The Balaban J connectivity index is 3.35. The van der Waals surface area contributed by atoms with Crippen molar-refractivity contribution in [1.29, 1.82) is 5.26 Å². The van der Waals surface area contributed by atoms with E-state index in [9.17, 15) is 0 Å². The largest absolute Gasteiger partial charge is 0.396 e. The molecule has 0 spiro atoms. The maximum absolute atomic E-state index is 8.67. The van der Waals surface area contributed by atoms with Gasteiger partial charge in [-0.15, -0.1) is 0 Å². The van der Waals surface area contributed by atoms with Crippen molar-refractivity contribution < 1.29 is 5.11 Å². The molecule has 0 heterocycles. The molecule has 0 radical (unpaired) electrons. The molecule has 3 nitrogen and oxygen atoms in total. The number of aliphatic hydroxyl groups excluding tert-OH is 1. The van der Waals surface area contributed by atoms with Crippen molar-refractivity contribution in [2.75, 3.05) is 25.2 Å². The monoisotopic (exact) mass is 188 g/mol. The molecule has 0 aromatic carbocycles. The van der Waals surface area contributed by atoms with Gasteiger partial charge < -0.3 is 10.4 Å². The van der Waals surface area contributed by atoms with Crippen LogP contribution in [-0.4, -0.2) is 36.3 Å². The summed E-state index contributed by atoms with van der Waals surface area (Å²) >= 11 is 1.74. The molecule has 0 aliphatic carbocycles. The minimum Gasteiger partial charge on any atom is -0.396 e. The van der Waals surface area contributed by atoms with Crippen LogP contribution in [0, 0.1) is 11.3 Å². The quantitative estimate of drug-likeness (QED) is 0.575. The Morgan fingerprint density at radius 1 is 1.67 bits per heavy atom. The van der Waals surface area contributed by atoms with Gasteiger partial charge in [0.05, 0.1) is 12.1 Å². The minimum absolute atomic E-state index is 0.0519. The van der Waals surface area contributed by atoms with Gasteiger partial charge in [0, 0.05) is 6.61 Å². The summed E-state index contributed by atoms with van der Waals surface area (Å²) in [6.45, 7) is 0.913. The molecule has 4 heteroatoms. The van der Waals surface area contributed by atoms with Crippen LogP contribution in [0.15, 0.2) is 0 Å². The summed E-state index contributed by atoms with van der Waals surface area (Å²) in [6, 6.07) is 2.14. The van der Waals surface area contributed by atoms with E-state index >= 15 is 0 Å². The summed E-state index contributed by atoms with van der Waals surface area (Å²) in [5.74, 6) is 1.00. The van der Waals surface area contributed by atoms with E-state index in [0.717, 1.165) is 25.1 Å². The van der Waals surface area contributed by atoms with Gasteiger partial charge in [0.2, 0.25) is 0 Å². The molecule has 0 aliphatic rings. The summed E-state index contributed by atoms with van der Waals surface area (Å²) in [5.41, 5.74) is 0. The number of hydrogen-bond donors (Lipinski definition) is 2. The number of nitriles is 1. The Morgan fingerprint density at radius 3 is 2.92 bits per heavy atom. The Hall–Kier alpha value is -0.240. The van der Waals surface area contributed by atoms with Gasteiger partial charge >= 0.3 is 0 Å². The second-order valence-electron chi connectivity index (χ2n) is 2.49. The van der Waals surface area contributed by atoms with E-state index in [0.29, 0.717) is 0 Å². The van der Waals surface area contributed by atoms with Gasteiger partial charge in [-0.25, -0.2) is 0 Å². The number of hydrogen-bond acceptors (Lipinski definition) is 4. The Kier molecular flexibility index (Phi) is 8.68. The van der Waals surface area contributed by atoms with E-state index in [1.54, 1.807) is 11.8 Å². The van der Waals surface area contributed by atoms with Crippen molar-refractivity contribution in [3.63, 3.8) is 0 Å². The second kappa shape index (κ2) is 8.85. The molecule has 0 fully saturated rings. The lowest BCUT2D eigenvalue weighted by molar-refractivity contribution is 0.284. The van der Waals surface area contributed by atoms with Crippen LogP contribution >= 0.6 is 11.8 Å². The van der Waals surface area contributed by atoms with Crippen LogP contribution in [-0.2, 0) is 0 Å². The summed E-state index contributed by atoms with van der Waals surface area (Å²) in [7, 11) is 0. The van der Waals surface area contributed by atoms with Crippen LogP contribution in [0.25, 0.3) is 0 Å². The molecule has 12 heavy (non-hydrogen) atoms. The first-order chi connectivity index (χ1) is 5.85. The number of rotatable bonds is 7. The first-order valence-electron chi connectivity index (χ1n) is 4.08. The van der Waals surface area contributed by atoms with Crippen molar-refractivity contribution >= 4 is 11.8 Å². The van der Waals surface area contributed by atoms with Crippen LogP contribution in [0.1, 0.15) is 12.8 Å². The first kappa shape index (κ1) is 11.8. The van der Waals surface area contributed by atoms with E-state index in [2.05, 4.69) is 11.4 Å². The molecular formula is C8H16N2OS. The lowest BCUT2D eigenvalue weighted by Crippen LogP contribution is -2.29. The van der Waals surface area contributed by atoms with Crippen molar-refractivity contribution in [3.05, 3.63) is 0 Å². The predicted molar refractivity (Wildman–Crippen MR) is 52.1 cm³/mol. The Morgan fingerprint density at radius 2 is 2.42 bits per heavy atom. The zero-order valence-corrected chi connectivity index (χ0v) is 8.23.